The minimum atomic E-state index is -2.99. The number of aromatic nitrogens is 2. The summed E-state index contributed by atoms with van der Waals surface area (Å²) in [5.41, 5.74) is -1.31. The molecule has 1 aromatic rings. The second-order valence-electron chi connectivity index (χ2n) is 4.74. The third-order valence-electron chi connectivity index (χ3n) is 3.19. The van der Waals surface area contributed by atoms with Gasteiger partial charge in [-0.1, -0.05) is 0 Å². The van der Waals surface area contributed by atoms with Crippen LogP contribution in [0.25, 0.3) is 0 Å². The molecular weight excluding hydrogens is 378 g/mol. The van der Waals surface area contributed by atoms with E-state index in [0.717, 1.165) is 4.57 Å². The Balaban J connectivity index is 2.23. The van der Waals surface area contributed by atoms with Crippen molar-refractivity contribution in [2.75, 3.05) is 6.61 Å². The van der Waals surface area contributed by atoms with E-state index in [2.05, 4.69) is 16.8 Å². The van der Waals surface area contributed by atoms with Crippen LogP contribution >= 0.6 is 27.5 Å². The van der Waals surface area contributed by atoms with Crippen molar-refractivity contribution < 1.29 is 19.5 Å². The Morgan fingerprint density at radius 1 is 1.45 bits per heavy atom. The van der Waals surface area contributed by atoms with Crippen LogP contribution in [0.3, 0.4) is 0 Å². The van der Waals surface area contributed by atoms with E-state index in [9.17, 15) is 19.8 Å². The van der Waals surface area contributed by atoms with Crippen molar-refractivity contribution in [3.63, 3.8) is 0 Å². The largest absolute Gasteiger partial charge is 0.387 e. The number of aliphatic hydroxyl groups is 2. The molecule has 0 aliphatic carbocycles. The average Bonchev–Trinajstić information content (AvgIpc) is 2.68. The number of aryl methyl sites for hydroxylation is 1. The summed E-state index contributed by atoms with van der Waals surface area (Å²) in [4.78, 5) is 22.3. The summed E-state index contributed by atoms with van der Waals surface area (Å²) in [6, 6.07) is 0. The minimum absolute atomic E-state index is 0.00679. The molecule has 0 bridgehead atoms. The van der Waals surface area contributed by atoms with Crippen LogP contribution < -0.4 is 11.2 Å². The molecule has 8 nitrogen and oxygen atoms in total. The van der Waals surface area contributed by atoms with Gasteiger partial charge in [-0.3, -0.25) is 9.78 Å². The second kappa shape index (κ2) is 6.70. The molecule has 0 spiro atoms. The van der Waals surface area contributed by atoms with Crippen LogP contribution in [0.5, 0.6) is 0 Å². The van der Waals surface area contributed by atoms with Crippen molar-refractivity contribution >= 4 is 39.3 Å². The van der Waals surface area contributed by atoms with E-state index >= 15 is 0 Å². The second-order valence-corrected chi connectivity index (χ2v) is 11.9. The van der Waals surface area contributed by atoms with Crippen molar-refractivity contribution in [1.29, 1.82) is 0 Å². The summed E-state index contributed by atoms with van der Waals surface area (Å²) < 4.78 is 11.6. The number of aliphatic hydroxyl groups excluding tert-OH is 2. The van der Waals surface area contributed by atoms with Gasteiger partial charge < -0.3 is 24.0 Å². The molecule has 124 valence electrons. The maximum absolute atomic E-state index is 11.8. The van der Waals surface area contributed by atoms with E-state index in [1.54, 1.807) is 0 Å². The third kappa shape index (κ3) is 3.98. The number of halogens is 2. The number of nitrogens with one attached hydrogen (secondary N) is 1. The summed E-state index contributed by atoms with van der Waals surface area (Å²) in [7, 11) is 1.43. The van der Waals surface area contributed by atoms with Crippen LogP contribution in [-0.4, -0.2) is 44.7 Å². The van der Waals surface area contributed by atoms with Gasteiger partial charge in [0.2, 0.25) is 4.97 Å². The zero-order chi connectivity index (χ0) is 16.7. The highest BCUT2D eigenvalue weighted by Gasteiger charge is 2.45. The van der Waals surface area contributed by atoms with Gasteiger partial charge in [-0.2, -0.15) is 0 Å². The summed E-state index contributed by atoms with van der Waals surface area (Å²) >= 11 is 15.9. The number of nitrogens with zero attached hydrogens (tertiary/aromatic N) is 1. The lowest BCUT2D eigenvalue weighted by atomic mass is 10.0. The van der Waals surface area contributed by atoms with Crippen LogP contribution in [0, 0.1) is 0 Å². The first-order chi connectivity index (χ1) is 10.1. The predicted octanol–water partition coefficient (Wildman–Crippen LogP) is -0.0460. The zero-order valence-corrected chi connectivity index (χ0v) is 14.4. The fraction of sp³-hybridized carbons (Fsp3) is 0.600. The van der Waals surface area contributed by atoms with Crippen molar-refractivity contribution in [1.82, 2.24) is 9.55 Å². The fourth-order valence-corrected chi connectivity index (χ4v) is 2.93. The molecule has 0 aromatic carbocycles. The molecule has 2 heterocycles. The molecule has 0 radical (unpaired) electrons. The van der Waals surface area contributed by atoms with Crippen LogP contribution in [0.2, 0.25) is 0 Å². The normalized spacial score (nSPS) is 29.0. The Bertz CT molecular complexity index is 718. The highest BCUT2D eigenvalue weighted by atomic mass is 35.9. The number of aromatic amines is 1. The predicted molar refractivity (Wildman–Crippen MR) is 83.9 cm³/mol. The molecule has 0 amide bonds. The van der Waals surface area contributed by atoms with Gasteiger partial charge in [-0.05, 0) is 34.3 Å². The van der Waals surface area contributed by atoms with Gasteiger partial charge in [0, 0.05) is 13.2 Å². The smallest absolute Gasteiger partial charge is 0.328 e. The molecule has 1 aliphatic heterocycles. The topological polar surface area (TPSA) is 114 Å². The summed E-state index contributed by atoms with van der Waals surface area (Å²) in [5, 5.41) is 20.0. The molecule has 0 saturated carbocycles. The van der Waals surface area contributed by atoms with Crippen molar-refractivity contribution in [2.24, 2.45) is 7.05 Å². The summed E-state index contributed by atoms with van der Waals surface area (Å²) in [6.45, 7) is -0.233. The highest BCUT2D eigenvalue weighted by molar-refractivity contribution is 8.36. The first-order valence-electron chi connectivity index (χ1n) is 6.05. The van der Waals surface area contributed by atoms with Crippen LogP contribution in [0.15, 0.2) is 15.8 Å². The van der Waals surface area contributed by atoms with Gasteiger partial charge in [0.25, 0.3) is 5.56 Å². The monoisotopic (exact) mass is 390 g/mol. The molecule has 12 heteroatoms. The molecule has 1 aromatic heterocycles. The first-order valence-corrected chi connectivity index (χ1v) is 10.6. The maximum Gasteiger partial charge on any atom is 0.328 e. The van der Waals surface area contributed by atoms with E-state index in [0.29, 0.717) is 0 Å². The molecule has 1 saturated heterocycles. The Kier molecular flexibility index (Phi) is 5.51. The van der Waals surface area contributed by atoms with E-state index in [1.165, 1.54) is 13.2 Å². The van der Waals surface area contributed by atoms with Crippen molar-refractivity contribution in [3.05, 3.63) is 32.6 Å². The lowest BCUT2D eigenvalue weighted by molar-refractivity contribution is -0.0147. The van der Waals surface area contributed by atoms with Crippen LogP contribution in [0.4, 0.5) is 0 Å². The molecule has 1 aliphatic rings. The fourth-order valence-electron chi connectivity index (χ4n) is 2.09. The number of hydrogen-bond donors (Lipinski definition) is 3. The molecule has 2 unspecified atom stereocenters. The Morgan fingerprint density at radius 2 is 2.09 bits per heavy atom. The van der Waals surface area contributed by atoms with Gasteiger partial charge in [0.05, 0.1) is 12.2 Å². The van der Waals surface area contributed by atoms with Crippen LogP contribution in [-0.2, 0) is 28.1 Å². The van der Waals surface area contributed by atoms with Crippen molar-refractivity contribution in [2.45, 2.75) is 24.4 Å². The number of ether oxygens (including phenoxy) is 1. The quantitative estimate of drug-likeness (QED) is 0.617. The Hall–Kier alpha value is -0.250. The number of hydrogen-bond acceptors (Lipinski definition) is 7. The van der Waals surface area contributed by atoms with E-state index < -0.39 is 40.6 Å². The van der Waals surface area contributed by atoms with Gasteiger partial charge in [-0.15, -0.1) is 0 Å². The van der Waals surface area contributed by atoms with Gasteiger partial charge in [0.1, 0.15) is 24.4 Å². The minimum Gasteiger partial charge on any atom is -0.387 e. The Morgan fingerprint density at radius 3 is 2.68 bits per heavy atom. The van der Waals surface area contributed by atoms with Gasteiger partial charge in [0.15, 0.2) is 0 Å². The molecule has 1 fully saturated rings. The zero-order valence-electron chi connectivity index (χ0n) is 11.2. The molecule has 2 rings (SSSR count). The number of H-pyrrole nitrogens is 1. The average molecular weight is 391 g/mol. The lowest BCUT2D eigenvalue weighted by Crippen LogP contribution is -2.35. The SMILES string of the molecule is Cn1cc([C@@H]2O[C@H](COP(=S)(Cl)Cl)C(O)C2O)c(=O)[nH]c1=O. The van der Waals surface area contributed by atoms with Crippen molar-refractivity contribution in [3.8, 4) is 0 Å². The summed E-state index contributed by atoms with van der Waals surface area (Å²) in [5.74, 6) is 0. The molecular formula is C10H13Cl2N2O6PS. The Labute approximate surface area is 139 Å². The number of rotatable bonds is 4. The van der Waals surface area contributed by atoms with E-state index in [-0.39, 0.29) is 12.2 Å². The molecule has 3 N–H and O–H groups in total. The third-order valence-corrected chi connectivity index (χ3v) is 4.55. The highest BCUT2D eigenvalue weighted by Crippen LogP contribution is 2.58. The van der Waals surface area contributed by atoms with Gasteiger partial charge >= 0.3 is 5.69 Å². The van der Waals surface area contributed by atoms with Gasteiger partial charge in [-0.25, -0.2) is 4.79 Å². The summed E-state index contributed by atoms with van der Waals surface area (Å²) in [6.07, 6.45) is -3.55. The molecule has 22 heavy (non-hydrogen) atoms. The maximum atomic E-state index is 11.8. The molecule has 4 atom stereocenters. The lowest BCUT2D eigenvalue weighted by Gasteiger charge is -2.16. The van der Waals surface area contributed by atoms with Crippen LogP contribution in [0.1, 0.15) is 11.7 Å². The van der Waals surface area contributed by atoms with E-state index in [1.807, 2.05) is 0 Å². The standard InChI is InChI=1S/C10H13Cl2N2O6PS/c1-14-2-4(9(17)13-10(14)18)8-7(16)6(15)5(20-8)3-19-21(11,12)22/h2,5-8,15-16H,3H2,1H3,(H,13,17,18)/t5-,6?,7?,8+/m1/s1. The first kappa shape index (κ1) is 18.1. The van der Waals surface area contributed by atoms with E-state index in [4.69, 9.17) is 31.7 Å².